The average Bonchev–Trinajstić information content (AvgIpc) is 3.06. The Labute approximate surface area is 288 Å². The van der Waals surface area contributed by atoms with Gasteiger partial charge in [0, 0.05) is 29.1 Å². The number of nitrogens with one attached hydrogen (secondary N) is 1. The Kier molecular flexibility index (Phi) is 12.5. The van der Waals surface area contributed by atoms with Gasteiger partial charge in [0.25, 0.3) is 10.0 Å². The molecular weight excluding hydrogens is 653 g/mol. The maximum Gasteiger partial charge on any atom is 0.264 e. The monoisotopic (exact) mass is 693 g/mol. The van der Waals surface area contributed by atoms with Crippen molar-refractivity contribution in [2.75, 3.05) is 10.8 Å². The average molecular weight is 695 g/mol. The van der Waals surface area contributed by atoms with Crippen LogP contribution in [0.2, 0.25) is 10.0 Å². The van der Waals surface area contributed by atoms with E-state index in [9.17, 15) is 18.0 Å². The van der Waals surface area contributed by atoms with Crippen molar-refractivity contribution >= 4 is 50.7 Å². The van der Waals surface area contributed by atoms with Crippen LogP contribution >= 0.6 is 23.2 Å². The summed E-state index contributed by atoms with van der Waals surface area (Å²) in [6.45, 7) is 7.08. The first-order valence-corrected chi connectivity index (χ1v) is 17.9. The first-order valence-electron chi connectivity index (χ1n) is 15.7. The Morgan fingerprint density at radius 2 is 1.51 bits per heavy atom. The number of para-hydroxylation sites is 1. The molecule has 0 saturated heterocycles. The summed E-state index contributed by atoms with van der Waals surface area (Å²) in [6, 6.07) is 26.9. The van der Waals surface area contributed by atoms with Gasteiger partial charge < -0.3 is 10.2 Å². The van der Waals surface area contributed by atoms with Crippen molar-refractivity contribution in [3.63, 3.8) is 0 Å². The molecule has 47 heavy (non-hydrogen) atoms. The molecule has 0 unspecified atom stereocenters. The Balaban J connectivity index is 1.85. The Bertz CT molecular complexity index is 1780. The third kappa shape index (κ3) is 9.15. The lowest BCUT2D eigenvalue weighted by molar-refractivity contribution is -0.140. The summed E-state index contributed by atoms with van der Waals surface area (Å²) in [5.41, 5.74) is 3.48. The van der Waals surface area contributed by atoms with Crippen LogP contribution in [0.5, 0.6) is 0 Å². The second-order valence-electron chi connectivity index (χ2n) is 11.6. The second-order valence-corrected chi connectivity index (χ2v) is 14.3. The van der Waals surface area contributed by atoms with E-state index in [2.05, 4.69) is 5.32 Å². The fraction of sp³-hybridized carbons (Fsp3) is 0.297. The zero-order valence-electron chi connectivity index (χ0n) is 27.1. The number of nitrogens with zero attached hydrogens (tertiary/aromatic N) is 2. The van der Waals surface area contributed by atoms with E-state index in [0.717, 1.165) is 21.0 Å². The molecule has 4 aromatic rings. The molecule has 248 valence electrons. The molecule has 2 atom stereocenters. The van der Waals surface area contributed by atoms with Gasteiger partial charge in [0.1, 0.15) is 12.6 Å². The van der Waals surface area contributed by atoms with Gasteiger partial charge in [-0.3, -0.25) is 13.9 Å². The number of hydrogen-bond acceptors (Lipinski definition) is 4. The standard InChI is InChI=1S/C37H41Cl2N3O4S/c1-5-27(4)40-37(44)35(22-28-12-8-7-9-13-28)41(24-30-18-19-31(38)23-33(30)39)36(43)25-42(34-15-11-10-14-29(34)6-2)47(45,46)32-20-16-26(3)17-21-32/h7-21,23,27,35H,5-6,22,24-25H2,1-4H3,(H,40,44)/t27-,35-/m1/s1. The van der Waals surface area contributed by atoms with E-state index in [4.69, 9.17) is 23.2 Å². The predicted molar refractivity (Wildman–Crippen MR) is 190 cm³/mol. The molecule has 0 bridgehead atoms. The van der Waals surface area contributed by atoms with E-state index in [1.165, 1.54) is 4.90 Å². The van der Waals surface area contributed by atoms with Crippen LogP contribution in [-0.2, 0) is 39.0 Å². The van der Waals surface area contributed by atoms with Crippen molar-refractivity contribution < 1.29 is 18.0 Å². The van der Waals surface area contributed by atoms with E-state index < -0.39 is 28.5 Å². The fourth-order valence-electron chi connectivity index (χ4n) is 5.23. The first kappa shape index (κ1) is 36.0. The van der Waals surface area contributed by atoms with Gasteiger partial charge >= 0.3 is 0 Å². The highest BCUT2D eigenvalue weighted by Crippen LogP contribution is 2.29. The normalized spacial score (nSPS) is 12.6. The molecule has 7 nitrogen and oxygen atoms in total. The molecule has 0 radical (unpaired) electrons. The van der Waals surface area contributed by atoms with Gasteiger partial charge in [-0.2, -0.15) is 0 Å². The lowest BCUT2D eigenvalue weighted by Gasteiger charge is -2.35. The number of amides is 2. The number of sulfonamides is 1. The highest BCUT2D eigenvalue weighted by atomic mass is 35.5. The van der Waals surface area contributed by atoms with Gasteiger partial charge in [0.2, 0.25) is 11.8 Å². The lowest BCUT2D eigenvalue weighted by Crippen LogP contribution is -2.54. The Morgan fingerprint density at radius 3 is 2.15 bits per heavy atom. The molecule has 0 fully saturated rings. The van der Waals surface area contributed by atoms with Gasteiger partial charge in [-0.05, 0) is 73.7 Å². The summed E-state index contributed by atoms with van der Waals surface area (Å²) >= 11 is 12.8. The fourth-order valence-corrected chi connectivity index (χ4v) is 7.15. The molecule has 0 aliphatic rings. The molecule has 10 heteroatoms. The van der Waals surface area contributed by atoms with Crippen molar-refractivity contribution in [1.82, 2.24) is 10.2 Å². The maximum atomic E-state index is 14.7. The topological polar surface area (TPSA) is 86.8 Å². The number of carbonyl (C=O) groups excluding carboxylic acids is 2. The molecule has 4 aromatic carbocycles. The summed E-state index contributed by atoms with van der Waals surface area (Å²) < 4.78 is 29.8. The van der Waals surface area contributed by atoms with E-state index in [1.807, 2.05) is 70.2 Å². The van der Waals surface area contributed by atoms with Crippen LogP contribution < -0.4 is 9.62 Å². The zero-order valence-corrected chi connectivity index (χ0v) is 29.4. The smallest absolute Gasteiger partial charge is 0.264 e. The van der Waals surface area contributed by atoms with Gasteiger partial charge in [-0.25, -0.2) is 8.42 Å². The van der Waals surface area contributed by atoms with E-state index in [-0.39, 0.29) is 29.8 Å². The highest BCUT2D eigenvalue weighted by Gasteiger charge is 2.35. The Morgan fingerprint density at radius 1 is 0.851 bits per heavy atom. The Hall–Kier alpha value is -3.85. The number of carbonyl (C=O) groups is 2. The molecule has 1 N–H and O–H groups in total. The zero-order chi connectivity index (χ0) is 34.1. The van der Waals surface area contributed by atoms with E-state index in [0.29, 0.717) is 34.1 Å². The SMILES string of the molecule is CCc1ccccc1N(CC(=O)N(Cc1ccc(Cl)cc1Cl)[C@H](Cc1ccccc1)C(=O)N[C@H](C)CC)S(=O)(=O)c1ccc(C)cc1. The summed E-state index contributed by atoms with van der Waals surface area (Å²) in [6.07, 6.45) is 1.44. The van der Waals surface area contributed by atoms with E-state index in [1.54, 1.807) is 54.6 Å². The number of hydrogen-bond donors (Lipinski definition) is 1. The van der Waals surface area contributed by atoms with Crippen molar-refractivity contribution in [3.8, 4) is 0 Å². The van der Waals surface area contributed by atoms with Gasteiger partial charge in [-0.1, -0.05) is 109 Å². The number of rotatable bonds is 14. The minimum atomic E-state index is -4.20. The maximum absolute atomic E-state index is 14.7. The van der Waals surface area contributed by atoms with Crippen LogP contribution in [0.3, 0.4) is 0 Å². The minimum absolute atomic E-state index is 0.0475. The van der Waals surface area contributed by atoms with Crippen LogP contribution in [0.4, 0.5) is 5.69 Å². The molecule has 0 spiro atoms. The summed E-state index contributed by atoms with van der Waals surface area (Å²) in [7, 11) is -4.20. The van der Waals surface area contributed by atoms with Crippen LogP contribution in [0.1, 0.15) is 49.4 Å². The molecule has 4 rings (SSSR count). The summed E-state index contributed by atoms with van der Waals surface area (Å²) in [5, 5.41) is 3.80. The molecule has 0 saturated carbocycles. The van der Waals surface area contributed by atoms with Gasteiger partial charge in [0.15, 0.2) is 0 Å². The van der Waals surface area contributed by atoms with Crippen LogP contribution in [0.15, 0.2) is 102 Å². The molecule has 0 aromatic heterocycles. The third-order valence-corrected chi connectivity index (χ3v) is 10.5. The molecule has 2 amide bonds. The second kappa shape index (κ2) is 16.3. The first-order chi connectivity index (χ1) is 22.4. The number of halogens is 2. The van der Waals surface area contributed by atoms with Crippen molar-refractivity contribution in [1.29, 1.82) is 0 Å². The number of benzene rings is 4. The molecular formula is C37H41Cl2N3O4S. The predicted octanol–water partition coefficient (Wildman–Crippen LogP) is 7.61. The summed E-state index contributed by atoms with van der Waals surface area (Å²) in [4.78, 5) is 30.2. The van der Waals surface area contributed by atoms with Gasteiger partial charge in [0.05, 0.1) is 10.6 Å². The van der Waals surface area contributed by atoms with Crippen molar-refractivity contribution in [2.24, 2.45) is 0 Å². The van der Waals surface area contributed by atoms with Crippen LogP contribution in [-0.4, -0.2) is 43.8 Å². The highest BCUT2D eigenvalue weighted by molar-refractivity contribution is 7.92. The third-order valence-electron chi connectivity index (χ3n) is 8.16. The van der Waals surface area contributed by atoms with Crippen molar-refractivity contribution in [2.45, 2.75) is 70.5 Å². The molecule has 0 aliphatic carbocycles. The molecule has 0 aliphatic heterocycles. The number of anilines is 1. The lowest BCUT2D eigenvalue weighted by atomic mass is 10.0. The summed E-state index contributed by atoms with van der Waals surface area (Å²) in [5.74, 6) is -0.901. The quantitative estimate of drug-likeness (QED) is 0.147. The minimum Gasteiger partial charge on any atom is -0.352 e. The van der Waals surface area contributed by atoms with Crippen LogP contribution in [0.25, 0.3) is 0 Å². The van der Waals surface area contributed by atoms with Crippen LogP contribution in [0, 0.1) is 6.92 Å². The number of aryl methyl sites for hydroxylation is 2. The van der Waals surface area contributed by atoms with E-state index >= 15 is 0 Å². The van der Waals surface area contributed by atoms with Gasteiger partial charge in [-0.15, -0.1) is 0 Å². The van der Waals surface area contributed by atoms with Crippen molar-refractivity contribution in [3.05, 3.63) is 129 Å². The molecule has 0 heterocycles. The largest absolute Gasteiger partial charge is 0.352 e.